The number of unbranched alkanes of at least 4 members (excludes halogenated alkanes) is 1. The van der Waals surface area contributed by atoms with Crippen LogP contribution >= 0.6 is 0 Å². The first-order chi connectivity index (χ1) is 12.9. The molecular formula is C21H26FN3O2. The Morgan fingerprint density at radius 1 is 0.926 bits per heavy atom. The van der Waals surface area contributed by atoms with Crippen molar-refractivity contribution in [1.29, 1.82) is 0 Å². The zero-order valence-electron chi connectivity index (χ0n) is 15.8. The highest BCUT2D eigenvalue weighted by Crippen LogP contribution is 2.15. The number of benzene rings is 2. The maximum atomic E-state index is 12.8. The molecule has 144 valence electrons. The largest absolute Gasteiger partial charge is 0.378 e. The van der Waals surface area contributed by atoms with Crippen LogP contribution in [0.15, 0.2) is 48.5 Å². The molecule has 0 aliphatic rings. The lowest BCUT2D eigenvalue weighted by molar-refractivity contribution is -0.124. The van der Waals surface area contributed by atoms with Crippen LogP contribution in [0.3, 0.4) is 0 Å². The van der Waals surface area contributed by atoms with Gasteiger partial charge in [0, 0.05) is 31.9 Å². The maximum Gasteiger partial charge on any atom is 0.243 e. The minimum Gasteiger partial charge on any atom is -0.378 e. The lowest BCUT2D eigenvalue weighted by Crippen LogP contribution is -2.32. The fourth-order valence-corrected chi connectivity index (χ4v) is 2.58. The van der Waals surface area contributed by atoms with E-state index in [0.717, 1.165) is 30.5 Å². The predicted molar refractivity (Wildman–Crippen MR) is 106 cm³/mol. The third-order valence-corrected chi connectivity index (χ3v) is 4.15. The number of carbonyl (C=O) groups excluding carboxylic acids is 2. The Kier molecular flexibility index (Phi) is 7.79. The number of nitrogens with zero attached hydrogens (tertiary/aromatic N) is 1. The van der Waals surface area contributed by atoms with Gasteiger partial charge in [-0.3, -0.25) is 9.59 Å². The number of aryl methyl sites for hydroxylation is 1. The van der Waals surface area contributed by atoms with Crippen LogP contribution in [0.1, 0.15) is 24.8 Å². The van der Waals surface area contributed by atoms with E-state index in [1.54, 1.807) is 12.1 Å². The molecule has 0 saturated carbocycles. The van der Waals surface area contributed by atoms with Crippen LogP contribution in [0.2, 0.25) is 0 Å². The standard InChI is InChI=1S/C21H26FN3O2/c1-25(2)19-13-11-18(12-14-19)24-21(27)15-23-20(26)6-4-3-5-16-7-9-17(22)10-8-16/h7-14H,3-6,15H2,1-2H3,(H,23,26)(H,24,27). The van der Waals surface area contributed by atoms with Gasteiger partial charge in [0.15, 0.2) is 0 Å². The molecule has 0 aliphatic carbocycles. The Labute approximate surface area is 159 Å². The van der Waals surface area contributed by atoms with Gasteiger partial charge < -0.3 is 15.5 Å². The fraction of sp³-hybridized carbons (Fsp3) is 0.333. The van der Waals surface area contributed by atoms with Crippen molar-refractivity contribution in [3.63, 3.8) is 0 Å². The summed E-state index contributed by atoms with van der Waals surface area (Å²) in [6.45, 7) is -0.0494. The molecule has 0 heterocycles. The summed E-state index contributed by atoms with van der Waals surface area (Å²) in [5.74, 6) is -0.649. The van der Waals surface area contributed by atoms with Gasteiger partial charge in [-0.1, -0.05) is 12.1 Å². The minimum absolute atomic E-state index is 0.0494. The SMILES string of the molecule is CN(C)c1ccc(NC(=O)CNC(=O)CCCCc2ccc(F)cc2)cc1. The van der Waals surface area contributed by atoms with Crippen LogP contribution in [0.5, 0.6) is 0 Å². The first kappa shape index (κ1) is 20.4. The van der Waals surface area contributed by atoms with Crippen molar-refractivity contribution in [2.45, 2.75) is 25.7 Å². The highest BCUT2D eigenvalue weighted by atomic mass is 19.1. The van der Waals surface area contributed by atoms with E-state index in [0.29, 0.717) is 12.1 Å². The highest BCUT2D eigenvalue weighted by molar-refractivity contribution is 5.94. The summed E-state index contributed by atoms with van der Waals surface area (Å²) in [6, 6.07) is 13.9. The summed E-state index contributed by atoms with van der Waals surface area (Å²) in [7, 11) is 3.89. The molecular weight excluding hydrogens is 345 g/mol. The first-order valence-corrected chi connectivity index (χ1v) is 9.02. The van der Waals surface area contributed by atoms with Crippen LogP contribution in [-0.4, -0.2) is 32.5 Å². The van der Waals surface area contributed by atoms with E-state index < -0.39 is 0 Å². The van der Waals surface area contributed by atoms with Crippen LogP contribution in [0.4, 0.5) is 15.8 Å². The van der Waals surface area contributed by atoms with Crippen LogP contribution in [0.25, 0.3) is 0 Å². The summed E-state index contributed by atoms with van der Waals surface area (Å²) in [4.78, 5) is 25.7. The third-order valence-electron chi connectivity index (χ3n) is 4.15. The smallest absolute Gasteiger partial charge is 0.243 e. The summed E-state index contributed by atoms with van der Waals surface area (Å²) >= 11 is 0. The predicted octanol–water partition coefficient (Wildman–Crippen LogP) is 3.36. The number of anilines is 2. The molecule has 2 N–H and O–H groups in total. The molecule has 2 aromatic carbocycles. The molecule has 0 atom stereocenters. The van der Waals surface area contributed by atoms with E-state index in [-0.39, 0.29) is 24.2 Å². The van der Waals surface area contributed by atoms with Crippen molar-refractivity contribution >= 4 is 23.2 Å². The summed E-state index contributed by atoms with van der Waals surface area (Å²) < 4.78 is 12.8. The molecule has 0 spiro atoms. The number of halogens is 1. The number of carbonyl (C=O) groups is 2. The Hall–Kier alpha value is -2.89. The van der Waals surface area contributed by atoms with Gasteiger partial charge in [0.25, 0.3) is 0 Å². The van der Waals surface area contributed by atoms with Gasteiger partial charge in [-0.15, -0.1) is 0 Å². The lowest BCUT2D eigenvalue weighted by atomic mass is 10.1. The number of hydrogen-bond acceptors (Lipinski definition) is 3. The number of hydrogen-bond donors (Lipinski definition) is 2. The summed E-state index contributed by atoms with van der Waals surface area (Å²) in [5, 5.41) is 5.38. The molecule has 0 bridgehead atoms. The summed E-state index contributed by atoms with van der Waals surface area (Å²) in [5.41, 5.74) is 2.79. The van der Waals surface area contributed by atoms with E-state index in [9.17, 15) is 14.0 Å². The highest BCUT2D eigenvalue weighted by Gasteiger charge is 2.06. The second-order valence-electron chi connectivity index (χ2n) is 6.60. The second kappa shape index (κ2) is 10.3. The Morgan fingerprint density at radius 2 is 1.59 bits per heavy atom. The lowest BCUT2D eigenvalue weighted by Gasteiger charge is -2.13. The Bertz CT molecular complexity index is 743. The van der Waals surface area contributed by atoms with Crippen LogP contribution in [-0.2, 0) is 16.0 Å². The molecule has 2 amide bonds. The third kappa shape index (κ3) is 7.48. The number of nitrogens with one attached hydrogen (secondary N) is 2. The van der Waals surface area contributed by atoms with Gasteiger partial charge >= 0.3 is 0 Å². The first-order valence-electron chi connectivity index (χ1n) is 9.02. The van der Waals surface area contributed by atoms with E-state index in [1.807, 2.05) is 43.3 Å². The quantitative estimate of drug-likeness (QED) is 0.665. The second-order valence-corrected chi connectivity index (χ2v) is 6.60. The average molecular weight is 371 g/mol. The van der Waals surface area contributed by atoms with Crippen LogP contribution in [0, 0.1) is 5.82 Å². The van der Waals surface area contributed by atoms with E-state index in [2.05, 4.69) is 10.6 Å². The van der Waals surface area contributed by atoms with E-state index >= 15 is 0 Å². The zero-order valence-corrected chi connectivity index (χ0v) is 15.8. The van der Waals surface area contributed by atoms with Gasteiger partial charge in [-0.2, -0.15) is 0 Å². The van der Waals surface area contributed by atoms with Gasteiger partial charge in [-0.25, -0.2) is 4.39 Å². The average Bonchev–Trinajstić information content (AvgIpc) is 2.65. The molecule has 0 unspecified atom stereocenters. The molecule has 0 saturated heterocycles. The molecule has 5 nitrogen and oxygen atoms in total. The number of rotatable bonds is 9. The van der Waals surface area contributed by atoms with Gasteiger partial charge in [0.1, 0.15) is 5.82 Å². The summed E-state index contributed by atoms with van der Waals surface area (Å²) in [6.07, 6.45) is 2.73. The maximum absolute atomic E-state index is 12.8. The van der Waals surface area contributed by atoms with Crippen LogP contribution < -0.4 is 15.5 Å². The van der Waals surface area contributed by atoms with E-state index in [1.165, 1.54) is 12.1 Å². The molecule has 6 heteroatoms. The van der Waals surface area contributed by atoms with E-state index in [4.69, 9.17) is 0 Å². The molecule has 0 fully saturated rings. The Balaban J connectivity index is 1.61. The van der Waals surface area contributed by atoms with Gasteiger partial charge in [0.2, 0.25) is 11.8 Å². The molecule has 2 rings (SSSR count). The van der Waals surface area contributed by atoms with Crippen molar-refractivity contribution in [3.05, 3.63) is 59.9 Å². The van der Waals surface area contributed by atoms with Crippen molar-refractivity contribution in [3.8, 4) is 0 Å². The topological polar surface area (TPSA) is 61.4 Å². The monoisotopic (exact) mass is 371 g/mol. The molecule has 0 radical (unpaired) electrons. The minimum atomic E-state index is -0.257. The fourth-order valence-electron chi connectivity index (χ4n) is 2.58. The zero-order chi connectivity index (χ0) is 19.6. The number of amides is 2. The molecule has 27 heavy (non-hydrogen) atoms. The Morgan fingerprint density at radius 3 is 2.22 bits per heavy atom. The van der Waals surface area contributed by atoms with Gasteiger partial charge in [0.05, 0.1) is 6.54 Å². The van der Waals surface area contributed by atoms with Gasteiger partial charge in [-0.05, 0) is 61.2 Å². The van der Waals surface area contributed by atoms with Crippen molar-refractivity contribution in [1.82, 2.24) is 5.32 Å². The van der Waals surface area contributed by atoms with Crippen molar-refractivity contribution in [2.24, 2.45) is 0 Å². The molecule has 0 aliphatic heterocycles. The van der Waals surface area contributed by atoms with Crippen molar-refractivity contribution < 1.29 is 14.0 Å². The van der Waals surface area contributed by atoms with Crippen molar-refractivity contribution in [2.75, 3.05) is 30.9 Å². The molecule has 0 aromatic heterocycles. The normalized spacial score (nSPS) is 10.3. The molecule has 2 aromatic rings.